The van der Waals surface area contributed by atoms with Crippen LogP contribution in [0.2, 0.25) is 0 Å². The lowest BCUT2D eigenvalue weighted by Gasteiger charge is -2.19. The van der Waals surface area contributed by atoms with E-state index in [1.165, 1.54) is 5.56 Å². The predicted octanol–water partition coefficient (Wildman–Crippen LogP) is 3.23. The fourth-order valence-corrected chi connectivity index (χ4v) is 1.90. The Morgan fingerprint density at radius 3 is 2.12 bits per heavy atom. The minimum absolute atomic E-state index is 0.0701. The van der Waals surface area contributed by atoms with E-state index in [-0.39, 0.29) is 5.92 Å². The number of hydrogen-bond donors (Lipinski definition) is 1. The largest absolute Gasteiger partial charge is 0.388 e. The summed E-state index contributed by atoms with van der Waals surface area (Å²) in [6.07, 6.45) is 3.04. The van der Waals surface area contributed by atoms with Crippen molar-refractivity contribution in [3.8, 4) is 0 Å². The lowest BCUT2D eigenvalue weighted by molar-refractivity contribution is 0.151. The molecule has 17 heavy (non-hydrogen) atoms. The number of aliphatic hydroxyl groups is 1. The molecule has 0 fully saturated rings. The number of pyridine rings is 1. The van der Waals surface area contributed by atoms with E-state index in [1.807, 2.05) is 50.2 Å². The fourth-order valence-electron chi connectivity index (χ4n) is 1.90. The maximum Gasteiger partial charge on any atom is 0.0855 e. The van der Waals surface area contributed by atoms with Gasteiger partial charge >= 0.3 is 0 Å². The number of aromatic nitrogens is 1. The zero-order valence-corrected chi connectivity index (χ0v) is 10.2. The lowest BCUT2D eigenvalue weighted by Crippen LogP contribution is -2.07. The predicted molar refractivity (Wildman–Crippen MR) is 68.8 cm³/mol. The zero-order chi connectivity index (χ0) is 12.3. The number of hydrogen-bond acceptors (Lipinski definition) is 2. The standard InChI is InChI=1S/C15H17NO/c1-11-3-5-14(6-4-11)15(17)12(2)13-7-9-16-10-8-13/h3-10,12,15,17H,1-2H3. The first kappa shape index (κ1) is 11.8. The van der Waals surface area contributed by atoms with Gasteiger partial charge in [0.05, 0.1) is 6.10 Å². The molecule has 0 saturated heterocycles. The summed E-state index contributed by atoms with van der Waals surface area (Å²) >= 11 is 0. The highest BCUT2D eigenvalue weighted by Gasteiger charge is 2.17. The molecule has 2 atom stereocenters. The van der Waals surface area contributed by atoms with Crippen LogP contribution in [0.1, 0.15) is 35.6 Å². The van der Waals surface area contributed by atoms with Crippen molar-refractivity contribution in [3.05, 3.63) is 65.5 Å². The Morgan fingerprint density at radius 2 is 1.53 bits per heavy atom. The number of nitrogens with zero attached hydrogens (tertiary/aromatic N) is 1. The van der Waals surface area contributed by atoms with E-state index >= 15 is 0 Å². The van der Waals surface area contributed by atoms with Crippen molar-refractivity contribution in [2.45, 2.75) is 25.9 Å². The summed E-state index contributed by atoms with van der Waals surface area (Å²) in [5.74, 6) is 0.0701. The Labute approximate surface area is 102 Å². The minimum atomic E-state index is -0.474. The van der Waals surface area contributed by atoms with Crippen LogP contribution in [-0.4, -0.2) is 10.1 Å². The first-order valence-electron chi connectivity index (χ1n) is 5.83. The van der Waals surface area contributed by atoms with Crippen molar-refractivity contribution in [1.29, 1.82) is 0 Å². The Hall–Kier alpha value is -1.67. The second-order valence-electron chi connectivity index (χ2n) is 4.42. The molecule has 0 aliphatic carbocycles. The maximum absolute atomic E-state index is 10.3. The van der Waals surface area contributed by atoms with Crippen molar-refractivity contribution in [1.82, 2.24) is 4.98 Å². The summed E-state index contributed by atoms with van der Waals surface area (Å²) in [5, 5.41) is 10.3. The Bertz CT molecular complexity index is 464. The number of benzene rings is 1. The molecule has 1 aromatic heterocycles. The van der Waals surface area contributed by atoms with Gasteiger partial charge in [-0.05, 0) is 30.2 Å². The van der Waals surface area contributed by atoms with E-state index in [1.54, 1.807) is 12.4 Å². The molecule has 0 spiro atoms. The number of aryl methyl sites for hydroxylation is 1. The molecular formula is C15H17NO. The topological polar surface area (TPSA) is 33.1 Å². The van der Waals surface area contributed by atoms with Gasteiger partial charge in [0.2, 0.25) is 0 Å². The smallest absolute Gasteiger partial charge is 0.0855 e. The second kappa shape index (κ2) is 5.11. The average Bonchev–Trinajstić information content (AvgIpc) is 2.39. The molecule has 0 aliphatic heterocycles. The average molecular weight is 227 g/mol. The molecule has 0 aliphatic rings. The molecule has 0 bridgehead atoms. The van der Waals surface area contributed by atoms with E-state index in [0.717, 1.165) is 11.1 Å². The minimum Gasteiger partial charge on any atom is -0.388 e. The zero-order valence-electron chi connectivity index (χ0n) is 10.2. The molecule has 1 N–H and O–H groups in total. The Kier molecular flexibility index (Phi) is 3.55. The van der Waals surface area contributed by atoms with E-state index in [9.17, 15) is 5.11 Å². The summed E-state index contributed by atoms with van der Waals surface area (Å²) in [6.45, 7) is 4.07. The molecule has 0 radical (unpaired) electrons. The third-order valence-corrected chi connectivity index (χ3v) is 3.12. The van der Waals surface area contributed by atoms with Gasteiger partial charge in [0.25, 0.3) is 0 Å². The van der Waals surface area contributed by atoms with Crippen molar-refractivity contribution < 1.29 is 5.11 Å². The van der Waals surface area contributed by atoms with Gasteiger partial charge in [0.1, 0.15) is 0 Å². The monoisotopic (exact) mass is 227 g/mol. The molecule has 2 rings (SSSR count). The van der Waals surface area contributed by atoms with E-state index in [2.05, 4.69) is 4.98 Å². The van der Waals surface area contributed by atoms with Gasteiger partial charge in [0, 0.05) is 18.3 Å². The Balaban J connectivity index is 2.20. The molecule has 1 heterocycles. The maximum atomic E-state index is 10.3. The van der Waals surface area contributed by atoms with Gasteiger partial charge in [-0.25, -0.2) is 0 Å². The number of rotatable bonds is 3. The van der Waals surface area contributed by atoms with Crippen molar-refractivity contribution in [2.24, 2.45) is 0 Å². The summed E-state index contributed by atoms with van der Waals surface area (Å²) in [6, 6.07) is 11.9. The first-order valence-corrected chi connectivity index (χ1v) is 5.83. The molecule has 0 amide bonds. The van der Waals surface area contributed by atoms with E-state index < -0.39 is 6.10 Å². The van der Waals surface area contributed by atoms with Gasteiger partial charge in [0.15, 0.2) is 0 Å². The van der Waals surface area contributed by atoms with Crippen LogP contribution in [0.25, 0.3) is 0 Å². The van der Waals surface area contributed by atoms with Crippen LogP contribution in [0.4, 0.5) is 0 Å². The number of aliphatic hydroxyl groups excluding tert-OH is 1. The van der Waals surface area contributed by atoms with Gasteiger partial charge in [-0.3, -0.25) is 4.98 Å². The molecule has 2 unspecified atom stereocenters. The molecular weight excluding hydrogens is 210 g/mol. The van der Waals surface area contributed by atoms with Crippen LogP contribution in [0.5, 0.6) is 0 Å². The summed E-state index contributed by atoms with van der Waals surface area (Å²) < 4.78 is 0. The molecule has 2 nitrogen and oxygen atoms in total. The molecule has 2 aromatic rings. The Morgan fingerprint density at radius 1 is 0.941 bits per heavy atom. The molecule has 0 saturated carbocycles. The van der Waals surface area contributed by atoms with Crippen LogP contribution < -0.4 is 0 Å². The van der Waals surface area contributed by atoms with Crippen molar-refractivity contribution >= 4 is 0 Å². The van der Waals surface area contributed by atoms with E-state index in [4.69, 9.17) is 0 Å². The first-order chi connectivity index (χ1) is 8.18. The second-order valence-corrected chi connectivity index (χ2v) is 4.42. The van der Waals surface area contributed by atoms with Gasteiger partial charge in [-0.1, -0.05) is 36.8 Å². The van der Waals surface area contributed by atoms with Crippen LogP contribution in [0.3, 0.4) is 0 Å². The van der Waals surface area contributed by atoms with Gasteiger partial charge < -0.3 is 5.11 Å². The third kappa shape index (κ3) is 2.71. The molecule has 88 valence electrons. The summed E-state index contributed by atoms with van der Waals surface area (Å²) in [4.78, 5) is 3.99. The SMILES string of the molecule is Cc1ccc(C(O)C(C)c2ccncc2)cc1. The van der Waals surface area contributed by atoms with Crippen molar-refractivity contribution in [3.63, 3.8) is 0 Å². The van der Waals surface area contributed by atoms with Crippen molar-refractivity contribution in [2.75, 3.05) is 0 Å². The molecule has 2 heteroatoms. The normalized spacial score (nSPS) is 14.3. The third-order valence-electron chi connectivity index (χ3n) is 3.12. The lowest BCUT2D eigenvalue weighted by atomic mass is 9.91. The summed E-state index contributed by atoms with van der Waals surface area (Å²) in [5.41, 5.74) is 3.27. The fraction of sp³-hybridized carbons (Fsp3) is 0.267. The van der Waals surface area contributed by atoms with Gasteiger partial charge in [-0.2, -0.15) is 0 Å². The highest BCUT2D eigenvalue weighted by molar-refractivity contribution is 5.27. The highest BCUT2D eigenvalue weighted by atomic mass is 16.3. The van der Waals surface area contributed by atoms with Crippen LogP contribution >= 0.6 is 0 Å². The van der Waals surface area contributed by atoms with Gasteiger partial charge in [-0.15, -0.1) is 0 Å². The molecule has 1 aromatic carbocycles. The van der Waals surface area contributed by atoms with E-state index in [0.29, 0.717) is 0 Å². The highest BCUT2D eigenvalue weighted by Crippen LogP contribution is 2.29. The quantitative estimate of drug-likeness (QED) is 0.873. The summed E-state index contributed by atoms with van der Waals surface area (Å²) in [7, 11) is 0. The van der Waals surface area contributed by atoms with Crippen LogP contribution in [-0.2, 0) is 0 Å². The van der Waals surface area contributed by atoms with Crippen LogP contribution in [0.15, 0.2) is 48.8 Å². The van der Waals surface area contributed by atoms with Crippen LogP contribution in [0, 0.1) is 6.92 Å².